The molecule has 0 aliphatic heterocycles. The number of aromatic nitrogens is 2. The van der Waals surface area contributed by atoms with Gasteiger partial charge in [0.2, 0.25) is 11.8 Å². The zero-order chi connectivity index (χ0) is 22.2. The van der Waals surface area contributed by atoms with E-state index in [4.69, 9.17) is 11.6 Å². The van der Waals surface area contributed by atoms with E-state index >= 15 is 0 Å². The molecule has 1 aromatic heterocycles. The van der Waals surface area contributed by atoms with Crippen LogP contribution >= 0.6 is 11.6 Å². The van der Waals surface area contributed by atoms with Crippen molar-refractivity contribution >= 4 is 29.2 Å². The van der Waals surface area contributed by atoms with Crippen LogP contribution in [0.2, 0.25) is 5.02 Å². The number of hydrogen-bond acceptors (Lipinski definition) is 3. The van der Waals surface area contributed by atoms with Crippen LogP contribution in [0.15, 0.2) is 60.7 Å². The number of hydrogen-bond donors (Lipinski definition) is 2. The highest BCUT2D eigenvalue weighted by Crippen LogP contribution is 2.25. The molecule has 2 aromatic carbocycles. The van der Waals surface area contributed by atoms with Crippen LogP contribution in [0.5, 0.6) is 0 Å². The minimum atomic E-state index is -0.161. The molecule has 0 spiro atoms. The van der Waals surface area contributed by atoms with Crippen molar-refractivity contribution in [1.82, 2.24) is 15.1 Å². The van der Waals surface area contributed by atoms with Crippen LogP contribution in [0.1, 0.15) is 33.1 Å². The molecule has 0 aliphatic carbocycles. The third-order valence-electron chi connectivity index (χ3n) is 4.63. The minimum absolute atomic E-state index is 0.0286. The Labute approximate surface area is 187 Å². The maximum atomic E-state index is 12.5. The number of rotatable bonds is 9. The zero-order valence-corrected chi connectivity index (χ0v) is 18.5. The maximum absolute atomic E-state index is 12.5. The fourth-order valence-electron chi connectivity index (χ4n) is 3.02. The van der Waals surface area contributed by atoms with Gasteiger partial charge in [0.05, 0.1) is 11.4 Å². The van der Waals surface area contributed by atoms with E-state index in [1.807, 2.05) is 62.4 Å². The zero-order valence-electron chi connectivity index (χ0n) is 17.8. The fraction of sp³-hybridized carbons (Fsp3) is 0.292. The standard InChI is InChI=1S/C24H27ClN4O2/c1-17(2)16-26-23(30)9-6-10-24(31)27-22-15-21(18-7-4-3-5-8-18)28-29(22)20-13-11-19(25)12-14-20/h3-5,7-8,11-15,17H,6,9-10,16H2,1-2H3,(H,26,30)(H,27,31). The number of carbonyl (C=O) groups is 2. The number of nitrogens with zero attached hydrogens (tertiary/aromatic N) is 2. The van der Waals surface area contributed by atoms with E-state index in [9.17, 15) is 9.59 Å². The van der Waals surface area contributed by atoms with E-state index in [1.165, 1.54) is 0 Å². The summed E-state index contributed by atoms with van der Waals surface area (Å²) in [5, 5.41) is 11.1. The van der Waals surface area contributed by atoms with Crippen LogP contribution in [0.25, 0.3) is 16.9 Å². The SMILES string of the molecule is CC(C)CNC(=O)CCCC(=O)Nc1cc(-c2ccccc2)nn1-c1ccc(Cl)cc1. The Bertz CT molecular complexity index is 1010. The molecule has 0 fully saturated rings. The first-order valence-electron chi connectivity index (χ1n) is 10.4. The topological polar surface area (TPSA) is 76.0 Å². The molecular formula is C24H27ClN4O2. The molecular weight excluding hydrogens is 412 g/mol. The molecule has 0 aliphatic rings. The number of anilines is 1. The first kappa shape index (κ1) is 22.6. The van der Waals surface area contributed by atoms with Crippen LogP contribution in [0.4, 0.5) is 5.82 Å². The number of carbonyl (C=O) groups excluding carboxylic acids is 2. The molecule has 0 radical (unpaired) electrons. The first-order chi connectivity index (χ1) is 14.9. The van der Waals surface area contributed by atoms with Crippen molar-refractivity contribution in [3.8, 4) is 16.9 Å². The van der Waals surface area contributed by atoms with Crippen LogP contribution in [-0.4, -0.2) is 28.1 Å². The Kier molecular flexibility index (Phi) is 7.84. The van der Waals surface area contributed by atoms with Gasteiger partial charge in [-0.25, -0.2) is 4.68 Å². The van der Waals surface area contributed by atoms with Gasteiger partial charge in [0.15, 0.2) is 0 Å². The van der Waals surface area contributed by atoms with Gasteiger partial charge in [0.1, 0.15) is 5.82 Å². The van der Waals surface area contributed by atoms with E-state index in [2.05, 4.69) is 15.7 Å². The van der Waals surface area contributed by atoms with Crippen molar-refractivity contribution in [2.75, 3.05) is 11.9 Å². The molecule has 2 amide bonds. The Balaban J connectivity index is 1.70. The van der Waals surface area contributed by atoms with Crippen molar-refractivity contribution in [2.45, 2.75) is 33.1 Å². The van der Waals surface area contributed by atoms with Crippen molar-refractivity contribution < 1.29 is 9.59 Å². The van der Waals surface area contributed by atoms with Gasteiger partial charge in [-0.3, -0.25) is 9.59 Å². The third kappa shape index (κ3) is 6.69. The van der Waals surface area contributed by atoms with Gasteiger partial charge < -0.3 is 10.6 Å². The number of halogens is 1. The molecule has 2 N–H and O–H groups in total. The van der Waals surface area contributed by atoms with E-state index in [0.717, 1.165) is 16.9 Å². The fourth-order valence-corrected chi connectivity index (χ4v) is 3.15. The predicted octanol–water partition coefficient (Wildman–Crippen LogP) is 5.07. The van der Waals surface area contributed by atoms with Gasteiger partial charge in [-0.1, -0.05) is 55.8 Å². The van der Waals surface area contributed by atoms with Crippen LogP contribution in [-0.2, 0) is 9.59 Å². The van der Waals surface area contributed by atoms with Crippen molar-refractivity contribution in [2.24, 2.45) is 5.92 Å². The molecule has 162 valence electrons. The van der Waals surface area contributed by atoms with Gasteiger partial charge >= 0.3 is 0 Å². The Hall–Kier alpha value is -3.12. The smallest absolute Gasteiger partial charge is 0.225 e. The molecule has 31 heavy (non-hydrogen) atoms. The minimum Gasteiger partial charge on any atom is -0.356 e. The highest BCUT2D eigenvalue weighted by molar-refractivity contribution is 6.30. The summed E-state index contributed by atoms with van der Waals surface area (Å²) < 4.78 is 1.69. The number of benzene rings is 2. The quantitative estimate of drug-likeness (QED) is 0.489. The van der Waals surface area contributed by atoms with Crippen molar-refractivity contribution in [3.63, 3.8) is 0 Å². The summed E-state index contributed by atoms with van der Waals surface area (Å²) >= 11 is 6.01. The van der Waals surface area contributed by atoms with Crippen LogP contribution in [0, 0.1) is 5.92 Å². The normalized spacial score (nSPS) is 10.8. The molecule has 0 saturated heterocycles. The second-order valence-corrected chi connectivity index (χ2v) is 8.21. The molecule has 3 aromatic rings. The molecule has 3 rings (SSSR count). The highest BCUT2D eigenvalue weighted by Gasteiger charge is 2.14. The summed E-state index contributed by atoms with van der Waals surface area (Å²) in [7, 11) is 0. The highest BCUT2D eigenvalue weighted by atomic mass is 35.5. The second kappa shape index (κ2) is 10.8. The Morgan fingerprint density at radius 1 is 1.00 bits per heavy atom. The van der Waals surface area contributed by atoms with E-state index in [-0.39, 0.29) is 18.2 Å². The average Bonchev–Trinajstić information content (AvgIpc) is 3.17. The molecule has 0 saturated carbocycles. The van der Waals surface area contributed by atoms with Gasteiger partial charge in [-0.15, -0.1) is 0 Å². The third-order valence-corrected chi connectivity index (χ3v) is 4.88. The summed E-state index contributed by atoms with van der Waals surface area (Å²) in [5.41, 5.74) is 2.49. The number of nitrogens with one attached hydrogen (secondary N) is 2. The molecule has 7 heteroatoms. The van der Waals surface area contributed by atoms with Crippen molar-refractivity contribution in [1.29, 1.82) is 0 Å². The lowest BCUT2D eigenvalue weighted by molar-refractivity contribution is -0.121. The van der Waals surface area contributed by atoms with E-state index < -0.39 is 0 Å². The summed E-state index contributed by atoms with van der Waals surface area (Å²) in [6.07, 6.45) is 1.06. The lowest BCUT2D eigenvalue weighted by Gasteiger charge is -2.09. The summed E-state index contributed by atoms with van der Waals surface area (Å²) in [6.45, 7) is 4.73. The van der Waals surface area contributed by atoms with Gasteiger partial charge in [-0.05, 0) is 36.6 Å². The van der Waals surface area contributed by atoms with Crippen LogP contribution in [0.3, 0.4) is 0 Å². The molecule has 1 heterocycles. The summed E-state index contributed by atoms with van der Waals surface area (Å²) in [6, 6.07) is 18.9. The monoisotopic (exact) mass is 438 g/mol. The molecule has 0 bridgehead atoms. The average molecular weight is 439 g/mol. The summed E-state index contributed by atoms with van der Waals surface area (Å²) in [4.78, 5) is 24.4. The second-order valence-electron chi connectivity index (χ2n) is 7.77. The van der Waals surface area contributed by atoms with E-state index in [0.29, 0.717) is 36.1 Å². The van der Waals surface area contributed by atoms with Gasteiger partial charge in [0, 0.05) is 36.0 Å². The summed E-state index contributed by atoms with van der Waals surface area (Å²) in [5.74, 6) is 0.778. The molecule has 6 nitrogen and oxygen atoms in total. The largest absolute Gasteiger partial charge is 0.356 e. The predicted molar refractivity (Wildman–Crippen MR) is 124 cm³/mol. The lowest BCUT2D eigenvalue weighted by Crippen LogP contribution is -2.27. The first-order valence-corrected chi connectivity index (χ1v) is 10.8. The maximum Gasteiger partial charge on any atom is 0.225 e. The van der Waals surface area contributed by atoms with Crippen LogP contribution < -0.4 is 10.6 Å². The van der Waals surface area contributed by atoms with Crippen molar-refractivity contribution in [3.05, 3.63) is 65.7 Å². The van der Waals surface area contributed by atoms with Gasteiger partial charge in [0.25, 0.3) is 0 Å². The Morgan fingerprint density at radius 2 is 1.68 bits per heavy atom. The van der Waals surface area contributed by atoms with E-state index in [1.54, 1.807) is 16.8 Å². The number of amides is 2. The lowest BCUT2D eigenvalue weighted by atomic mass is 10.1. The molecule has 0 atom stereocenters. The molecule has 0 unspecified atom stereocenters. The van der Waals surface area contributed by atoms with Gasteiger partial charge in [-0.2, -0.15) is 5.10 Å². The Morgan fingerprint density at radius 3 is 2.35 bits per heavy atom.